The predicted molar refractivity (Wildman–Crippen MR) is 79.0 cm³/mol. The molecule has 0 bridgehead atoms. The lowest BCUT2D eigenvalue weighted by Gasteiger charge is -2.08. The lowest BCUT2D eigenvalue weighted by Crippen LogP contribution is -2.08. The number of sulfonamides is 1. The van der Waals surface area contributed by atoms with Crippen LogP contribution < -0.4 is 14.2 Å². The fourth-order valence-corrected chi connectivity index (χ4v) is 2.30. The summed E-state index contributed by atoms with van der Waals surface area (Å²) in [5.41, 5.74) is 0.288. The van der Waals surface area contributed by atoms with Gasteiger partial charge >= 0.3 is 0 Å². The summed E-state index contributed by atoms with van der Waals surface area (Å²) < 4.78 is 39.9. The number of rotatable bonds is 5. The molecule has 0 unspecified atom stereocenters. The van der Waals surface area contributed by atoms with Gasteiger partial charge in [-0.25, -0.2) is 8.42 Å². The highest BCUT2D eigenvalue weighted by molar-refractivity contribution is 7.92. The Bertz CT molecular complexity index is 795. The molecule has 9 heteroatoms. The van der Waals surface area contributed by atoms with E-state index in [1.807, 2.05) is 4.72 Å². The Morgan fingerprint density at radius 3 is 2.36 bits per heavy atom. The molecule has 1 heterocycles. The second kappa shape index (κ2) is 5.68. The average molecular weight is 329 g/mol. The Hall–Kier alpha value is -2.55. The van der Waals surface area contributed by atoms with E-state index in [2.05, 4.69) is 0 Å². The van der Waals surface area contributed by atoms with Crippen LogP contribution in [0.3, 0.4) is 0 Å². The van der Waals surface area contributed by atoms with E-state index in [-0.39, 0.29) is 11.3 Å². The van der Waals surface area contributed by atoms with Crippen molar-refractivity contribution < 1.29 is 32.5 Å². The summed E-state index contributed by atoms with van der Waals surface area (Å²) in [5, 5.41) is 19.8. The molecule has 120 valence electrons. The maximum absolute atomic E-state index is 11.2. The molecule has 2 rings (SSSR count). The molecule has 0 aliphatic rings. The molecule has 22 heavy (non-hydrogen) atoms. The first-order chi connectivity index (χ1) is 10.3. The van der Waals surface area contributed by atoms with Crippen LogP contribution in [-0.2, 0) is 10.0 Å². The molecule has 0 spiro atoms. The molecule has 0 fully saturated rings. The van der Waals surface area contributed by atoms with Crippen LogP contribution in [0.2, 0.25) is 0 Å². The van der Waals surface area contributed by atoms with E-state index in [0.717, 1.165) is 6.26 Å². The van der Waals surface area contributed by atoms with Gasteiger partial charge in [-0.1, -0.05) is 0 Å². The van der Waals surface area contributed by atoms with E-state index in [4.69, 9.17) is 13.9 Å². The number of methoxy groups -OCH3 is 2. The molecule has 0 aliphatic carbocycles. The van der Waals surface area contributed by atoms with Gasteiger partial charge in [0.05, 0.1) is 26.0 Å². The second-order valence-corrected chi connectivity index (χ2v) is 6.15. The van der Waals surface area contributed by atoms with Gasteiger partial charge in [0.25, 0.3) is 5.88 Å². The van der Waals surface area contributed by atoms with Gasteiger partial charge in [0, 0.05) is 0 Å². The van der Waals surface area contributed by atoms with Gasteiger partial charge in [-0.15, -0.1) is 0 Å². The number of furan rings is 1. The van der Waals surface area contributed by atoms with Crippen molar-refractivity contribution in [1.29, 1.82) is 0 Å². The summed E-state index contributed by atoms with van der Waals surface area (Å²) >= 11 is 0. The number of hydrogen-bond acceptors (Lipinski definition) is 7. The number of benzene rings is 1. The van der Waals surface area contributed by atoms with Crippen LogP contribution in [-0.4, -0.2) is 39.1 Å². The van der Waals surface area contributed by atoms with Crippen LogP contribution in [0.25, 0.3) is 11.3 Å². The lowest BCUT2D eigenvalue weighted by molar-refractivity contribution is 0.400. The molecule has 2 aromatic rings. The number of ether oxygens (including phenoxy) is 2. The molecular weight excluding hydrogens is 314 g/mol. The number of anilines is 1. The topological polar surface area (TPSA) is 118 Å². The van der Waals surface area contributed by atoms with Crippen molar-refractivity contribution in [3.05, 3.63) is 18.2 Å². The molecule has 0 radical (unpaired) electrons. The van der Waals surface area contributed by atoms with Crippen molar-refractivity contribution in [2.45, 2.75) is 0 Å². The highest BCUT2D eigenvalue weighted by Gasteiger charge is 2.25. The average Bonchev–Trinajstić information content (AvgIpc) is 2.73. The Balaban J connectivity index is 2.60. The minimum Gasteiger partial charge on any atom is -0.502 e. The summed E-state index contributed by atoms with van der Waals surface area (Å²) in [6.45, 7) is 0. The van der Waals surface area contributed by atoms with Crippen molar-refractivity contribution in [3.63, 3.8) is 0 Å². The van der Waals surface area contributed by atoms with Crippen molar-refractivity contribution >= 4 is 15.9 Å². The first-order valence-electron chi connectivity index (χ1n) is 6.01. The third kappa shape index (κ3) is 3.03. The molecule has 0 saturated carbocycles. The minimum absolute atomic E-state index is 0.153. The molecule has 8 nitrogen and oxygen atoms in total. The summed E-state index contributed by atoms with van der Waals surface area (Å²) in [5.74, 6) is -1.17. The zero-order valence-corrected chi connectivity index (χ0v) is 12.9. The van der Waals surface area contributed by atoms with Gasteiger partial charge in [0.15, 0.2) is 5.76 Å². The van der Waals surface area contributed by atoms with Crippen LogP contribution >= 0.6 is 0 Å². The molecule has 0 atom stereocenters. The van der Waals surface area contributed by atoms with Gasteiger partial charge in [0.2, 0.25) is 21.5 Å². The molecular formula is C13H15NO7S. The molecule has 3 N–H and O–H groups in total. The van der Waals surface area contributed by atoms with Gasteiger partial charge in [-0.3, -0.25) is 4.72 Å². The maximum Gasteiger partial charge on any atom is 0.253 e. The van der Waals surface area contributed by atoms with Crippen LogP contribution in [0, 0.1) is 0 Å². The maximum atomic E-state index is 11.2. The number of aromatic hydroxyl groups is 2. The first kappa shape index (κ1) is 15.8. The standard InChI is InChI=1S/C13H15NO7S/c1-19-7-4-5-9(20-2)8(6-7)12-10(15)11(16)13(21-12)14-22(3,17)18/h4-6,14-16H,1-3H3. The zero-order valence-electron chi connectivity index (χ0n) is 12.1. The van der Waals surface area contributed by atoms with Gasteiger partial charge in [-0.2, -0.15) is 0 Å². The Morgan fingerprint density at radius 2 is 1.82 bits per heavy atom. The van der Waals surface area contributed by atoms with Crippen molar-refractivity contribution in [1.82, 2.24) is 0 Å². The largest absolute Gasteiger partial charge is 0.502 e. The lowest BCUT2D eigenvalue weighted by atomic mass is 10.1. The Labute approximate surface area is 127 Å². The van der Waals surface area contributed by atoms with Crippen molar-refractivity contribution in [2.24, 2.45) is 0 Å². The highest BCUT2D eigenvalue weighted by Crippen LogP contribution is 2.48. The molecule has 0 saturated heterocycles. The number of hydrogen-bond donors (Lipinski definition) is 3. The molecule has 1 aromatic heterocycles. The molecule has 0 amide bonds. The summed E-state index contributed by atoms with van der Waals surface area (Å²) in [6, 6.07) is 4.73. The van der Waals surface area contributed by atoms with Crippen LogP contribution in [0.5, 0.6) is 23.0 Å². The van der Waals surface area contributed by atoms with Crippen molar-refractivity contribution in [2.75, 3.05) is 25.2 Å². The molecule has 0 aliphatic heterocycles. The Kier molecular flexibility index (Phi) is 4.09. The van der Waals surface area contributed by atoms with Crippen LogP contribution in [0.15, 0.2) is 22.6 Å². The third-order valence-corrected chi connectivity index (χ3v) is 3.34. The summed E-state index contributed by atoms with van der Waals surface area (Å²) in [7, 11) is -0.807. The van der Waals surface area contributed by atoms with E-state index in [1.165, 1.54) is 20.3 Å². The van der Waals surface area contributed by atoms with Gasteiger partial charge in [0.1, 0.15) is 11.5 Å². The Morgan fingerprint density at radius 1 is 1.14 bits per heavy atom. The van der Waals surface area contributed by atoms with E-state index in [1.54, 1.807) is 12.1 Å². The highest BCUT2D eigenvalue weighted by atomic mass is 32.2. The van der Waals surface area contributed by atoms with Gasteiger partial charge < -0.3 is 24.1 Å². The quantitative estimate of drug-likeness (QED) is 0.764. The zero-order chi connectivity index (χ0) is 16.5. The fourth-order valence-electron chi connectivity index (χ4n) is 1.83. The van der Waals surface area contributed by atoms with Crippen LogP contribution in [0.1, 0.15) is 0 Å². The van der Waals surface area contributed by atoms with Crippen LogP contribution in [0.4, 0.5) is 5.88 Å². The molecule has 1 aromatic carbocycles. The SMILES string of the molecule is COc1ccc(OC)c(-c2oc(NS(C)(=O)=O)c(O)c2O)c1. The van der Waals surface area contributed by atoms with Gasteiger partial charge in [-0.05, 0) is 18.2 Å². The third-order valence-electron chi connectivity index (χ3n) is 2.79. The van der Waals surface area contributed by atoms with E-state index >= 15 is 0 Å². The summed E-state index contributed by atoms with van der Waals surface area (Å²) in [4.78, 5) is 0. The summed E-state index contributed by atoms with van der Waals surface area (Å²) in [6.07, 6.45) is 0.887. The smallest absolute Gasteiger partial charge is 0.253 e. The van der Waals surface area contributed by atoms with E-state index < -0.39 is 27.4 Å². The minimum atomic E-state index is -3.68. The van der Waals surface area contributed by atoms with E-state index in [9.17, 15) is 18.6 Å². The normalized spacial score (nSPS) is 11.2. The van der Waals surface area contributed by atoms with Crippen molar-refractivity contribution in [3.8, 4) is 34.3 Å². The first-order valence-corrected chi connectivity index (χ1v) is 7.91. The fraction of sp³-hybridized carbons (Fsp3) is 0.231. The predicted octanol–water partition coefficient (Wildman–Crippen LogP) is 1.75. The second-order valence-electron chi connectivity index (χ2n) is 4.40. The number of nitrogens with one attached hydrogen (secondary N) is 1. The monoisotopic (exact) mass is 329 g/mol. The van der Waals surface area contributed by atoms with E-state index in [0.29, 0.717) is 11.5 Å².